The lowest BCUT2D eigenvalue weighted by molar-refractivity contribution is 0.413. The SMILES string of the molecule is COc1cc(CC(C)C)cc(CC(C)C)c1. The molecule has 1 aromatic carbocycles. The van der Waals surface area contributed by atoms with Crippen molar-refractivity contribution in [1.29, 1.82) is 0 Å². The number of methoxy groups -OCH3 is 1. The van der Waals surface area contributed by atoms with Crippen molar-refractivity contribution in [3.63, 3.8) is 0 Å². The van der Waals surface area contributed by atoms with Gasteiger partial charge in [-0.25, -0.2) is 0 Å². The van der Waals surface area contributed by atoms with Gasteiger partial charge in [-0.15, -0.1) is 0 Å². The third-order valence-electron chi connectivity index (χ3n) is 2.55. The molecule has 0 N–H and O–H groups in total. The topological polar surface area (TPSA) is 9.23 Å². The van der Waals surface area contributed by atoms with E-state index in [4.69, 9.17) is 4.74 Å². The molecule has 1 aromatic rings. The van der Waals surface area contributed by atoms with Crippen molar-refractivity contribution >= 4 is 0 Å². The summed E-state index contributed by atoms with van der Waals surface area (Å²) in [6.45, 7) is 9.01. The second kappa shape index (κ2) is 5.93. The second-order valence-electron chi connectivity index (χ2n) is 5.39. The van der Waals surface area contributed by atoms with E-state index in [9.17, 15) is 0 Å². The zero-order valence-electron chi connectivity index (χ0n) is 11.2. The Balaban J connectivity index is 2.91. The van der Waals surface area contributed by atoms with Crippen LogP contribution in [-0.4, -0.2) is 7.11 Å². The molecule has 0 heterocycles. The fraction of sp³-hybridized carbons (Fsp3) is 0.600. The Labute approximate surface area is 99.8 Å². The minimum atomic E-state index is 0.694. The molecule has 0 atom stereocenters. The molecule has 0 fully saturated rings. The summed E-state index contributed by atoms with van der Waals surface area (Å²) in [7, 11) is 1.74. The maximum Gasteiger partial charge on any atom is 0.119 e. The average Bonchev–Trinajstić information content (AvgIpc) is 2.14. The van der Waals surface area contributed by atoms with Crippen molar-refractivity contribution in [2.75, 3.05) is 7.11 Å². The summed E-state index contributed by atoms with van der Waals surface area (Å²) in [5.41, 5.74) is 2.79. The van der Waals surface area contributed by atoms with E-state index in [1.807, 2.05) is 0 Å². The lowest BCUT2D eigenvalue weighted by Gasteiger charge is -2.12. The van der Waals surface area contributed by atoms with Crippen LogP contribution in [0.1, 0.15) is 38.8 Å². The largest absolute Gasteiger partial charge is 0.497 e. The predicted octanol–water partition coefficient (Wildman–Crippen LogP) is 4.09. The van der Waals surface area contributed by atoms with Crippen molar-refractivity contribution < 1.29 is 4.74 Å². The van der Waals surface area contributed by atoms with E-state index in [2.05, 4.69) is 45.9 Å². The maximum absolute atomic E-state index is 5.36. The summed E-state index contributed by atoms with van der Waals surface area (Å²) in [4.78, 5) is 0. The van der Waals surface area contributed by atoms with Crippen LogP contribution in [0.5, 0.6) is 5.75 Å². The van der Waals surface area contributed by atoms with Gasteiger partial charge >= 0.3 is 0 Å². The van der Waals surface area contributed by atoms with E-state index in [1.165, 1.54) is 11.1 Å². The Morgan fingerprint density at radius 3 is 1.62 bits per heavy atom. The van der Waals surface area contributed by atoms with Crippen molar-refractivity contribution in [2.45, 2.75) is 40.5 Å². The molecule has 0 spiro atoms. The van der Waals surface area contributed by atoms with Gasteiger partial charge in [0.25, 0.3) is 0 Å². The molecule has 0 unspecified atom stereocenters. The van der Waals surface area contributed by atoms with Gasteiger partial charge < -0.3 is 4.74 Å². The Hall–Kier alpha value is -0.980. The van der Waals surface area contributed by atoms with E-state index in [-0.39, 0.29) is 0 Å². The monoisotopic (exact) mass is 220 g/mol. The first-order valence-electron chi connectivity index (χ1n) is 6.18. The van der Waals surface area contributed by atoms with Crippen LogP contribution >= 0.6 is 0 Å². The zero-order chi connectivity index (χ0) is 12.1. The number of hydrogen-bond acceptors (Lipinski definition) is 1. The van der Waals surface area contributed by atoms with Crippen LogP contribution in [0.25, 0.3) is 0 Å². The third-order valence-corrected chi connectivity index (χ3v) is 2.55. The van der Waals surface area contributed by atoms with Crippen molar-refractivity contribution in [1.82, 2.24) is 0 Å². The highest BCUT2D eigenvalue weighted by molar-refractivity contribution is 5.35. The van der Waals surface area contributed by atoms with Crippen LogP contribution in [0, 0.1) is 11.8 Å². The normalized spacial score (nSPS) is 11.2. The van der Waals surface area contributed by atoms with Crippen LogP contribution in [-0.2, 0) is 12.8 Å². The van der Waals surface area contributed by atoms with Gasteiger partial charge in [-0.1, -0.05) is 33.8 Å². The predicted molar refractivity (Wildman–Crippen MR) is 70.1 cm³/mol. The number of rotatable bonds is 5. The first-order chi connectivity index (χ1) is 7.51. The van der Waals surface area contributed by atoms with Gasteiger partial charge in [0.05, 0.1) is 7.11 Å². The molecular formula is C15H24O. The second-order valence-corrected chi connectivity index (χ2v) is 5.39. The van der Waals surface area contributed by atoms with Crippen LogP contribution in [0.15, 0.2) is 18.2 Å². The molecule has 90 valence electrons. The highest BCUT2D eigenvalue weighted by atomic mass is 16.5. The molecular weight excluding hydrogens is 196 g/mol. The van der Waals surface area contributed by atoms with Gasteiger partial charge in [0.15, 0.2) is 0 Å². The first-order valence-corrected chi connectivity index (χ1v) is 6.18. The van der Waals surface area contributed by atoms with Gasteiger partial charge in [0, 0.05) is 0 Å². The van der Waals surface area contributed by atoms with Crippen LogP contribution in [0.3, 0.4) is 0 Å². The van der Waals surface area contributed by atoms with E-state index >= 15 is 0 Å². The van der Waals surface area contributed by atoms with Gasteiger partial charge in [-0.3, -0.25) is 0 Å². The Morgan fingerprint density at radius 1 is 0.875 bits per heavy atom. The Bertz CT molecular complexity index is 298. The Morgan fingerprint density at radius 2 is 1.31 bits per heavy atom. The van der Waals surface area contributed by atoms with Crippen LogP contribution in [0.2, 0.25) is 0 Å². The summed E-state index contributed by atoms with van der Waals surface area (Å²) >= 11 is 0. The van der Waals surface area contributed by atoms with E-state index in [1.54, 1.807) is 7.11 Å². The average molecular weight is 220 g/mol. The summed E-state index contributed by atoms with van der Waals surface area (Å²) in [6, 6.07) is 6.64. The summed E-state index contributed by atoms with van der Waals surface area (Å²) in [5, 5.41) is 0. The van der Waals surface area contributed by atoms with E-state index in [0.717, 1.165) is 18.6 Å². The number of benzene rings is 1. The number of hydrogen-bond donors (Lipinski definition) is 0. The van der Waals surface area contributed by atoms with Crippen molar-refractivity contribution in [3.8, 4) is 5.75 Å². The molecule has 1 nitrogen and oxygen atoms in total. The first kappa shape index (κ1) is 13.1. The van der Waals surface area contributed by atoms with E-state index < -0.39 is 0 Å². The molecule has 1 heteroatoms. The summed E-state index contributed by atoms with van der Waals surface area (Å²) in [5.74, 6) is 2.38. The van der Waals surface area contributed by atoms with Crippen molar-refractivity contribution in [3.05, 3.63) is 29.3 Å². The lowest BCUT2D eigenvalue weighted by Crippen LogP contribution is -1.99. The minimum Gasteiger partial charge on any atom is -0.497 e. The molecule has 0 saturated heterocycles. The fourth-order valence-corrected chi connectivity index (χ4v) is 2.02. The maximum atomic E-state index is 5.36. The molecule has 0 saturated carbocycles. The third kappa shape index (κ3) is 4.26. The molecule has 0 aliphatic rings. The Kier molecular flexibility index (Phi) is 4.85. The molecule has 0 aliphatic heterocycles. The highest BCUT2D eigenvalue weighted by Crippen LogP contribution is 2.21. The van der Waals surface area contributed by atoms with Crippen LogP contribution in [0.4, 0.5) is 0 Å². The standard InChI is InChI=1S/C15H24O/c1-11(2)6-13-8-14(7-12(3)4)10-15(9-13)16-5/h8-12H,6-7H2,1-5H3. The quantitative estimate of drug-likeness (QED) is 0.726. The molecule has 0 amide bonds. The molecule has 0 aliphatic carbocycles. The van der Waals surface area contributed by atoms with E-state index in [0.29, 0.717) is 11.8 Å². The van der Waals surface area contributed by atoms with Crippen molar-refractivity contribution in [2.24, 2.45) is 11.8 Å². The van der Waals surface area contributed by atoms with Gasteiger partial charge in [-0.05, 0) is 47.9 Å². The molecule has 16 heavy (non-hydrogen) atoms. The molecule has 0 radical (unpaired) electrons. The van der Waals surface area contributed by atoms with Gasteiger partial charge in [-0.2, -0.15) is 0 Å². The molecule has 0 bridgehead atoms. The fourth-order valence-electron chi connectivity index (χ4n) is 2.02. The van der Waals surface area contributed by atoms with Gasteiger partial charge in [0.1, 0.15) is 5.75 Å². The highest BCUT2D eigenvalue weighted by Gasteiger charge is 2.05. The zero-order valence-corrected chi connectivity index (χ0v) is 11.2. The minimum absolute atomic E-state index is 0.694. The summed E-state index contributed by atoms with van der Waals surface area (Å²) < 4.78 is 5.36. The molecule has 1 rings (SSSR count). The van der Waals surface area contributed by atoms with Gasteiger partial charge in [0.2, 0.25) is 0 Å². The molecule has 0 aromatic heterocycles. The number of ether oxygens (including phenoxy) is 1. The van der Waals surface area contributed by atoms with Crippen LogP contribution < -0.4 is 4.74 Å². The summed E-state index contributed by atoms with van der Waals surface area (Å²) in [6.07, 6.45) is 2.25. The smallest absolute Gasteiger partial charge is 0.119 e. The lowest BCUT2D eigenvalue weighted by atomic mass is 9.96.